The number of hydrogen-bond donors (Lipinski definition) is 0. The van der Waals surface area contributed by atoms with Gasteiger partial charge in [-0.25, -0.2) is 4.98 Å². The first-order chi connectivity index (χ1) is 12.5. The first kappa shape index (κ1) is 18.8. The Balaban J connectivity index is 1.95. The molecule has 0 saturated heterocycles. The van der Waals surface area contributed by atoms with Gasteiger partial charge in [0.15, 0.2) is 0 Å². The molecule has 26 heavy (non-hydrogen) atoms. The zero-order valence-corrected chi connectivity index (χ0v) is 16.6. The molecule has 0 saturated carbocycles. The number of rotatable bonds is 5. The highest BCUT2D eigenvalue weighted by Gasteiger charge is 2.14. The largest absolute Gasteiger partial charge is 0.488 e. The Morgan fingerprint density at radius 1 is 1.04 bits per heavy atom. The summed E-state index contributed by atoms with van der Waals surface area (Å²) in [7, 11) is 0. The molecule has 0 radical (unpaired) electrons. The molecule has 0 amide bonds. The summed E-state index contributed by atoms with van der Waals surface area (Å²) in [6.45, 7) is 4.45. The smallest absolute Gasteiger partial charge is 0.129 e. The molecule has 0 N–H and O–H groups in total. The van der Waals surface area contributed by atoms with Crippen molar-refractivity contribution in [1.29, 1.82) is 0 Å². The van der Waals surface area contributed by atoms with Gasteiger partial charge in [-0.15, -0.1) is 0 Å². The van der Waals surface area contributed by atoms with Gasteiger partial charge in [-0.1, -0.05) is 46.4 Å². The van der Waals surface area contributed by atoms with Crippen molar-refractivity contribution in [2.75, 3.05) is 0 Å². The van der Waals surface area contributed by atoms with Crippen LogP contribution in [0, 0.1) is 0 Å². The second kappa shape index (κ2) is 8.17. The van der Waals surface area contributed by atoms with Gasteiger partial charge in [-0.3, -0.25) is 0 Å². The van der Waals surface area contributed by atoms with E-state index < -0.39 is 0 Å². The van der Waals surface area contributed by atoms with E-state index in [9.17, 15) is 0 Å². The molecule has 0 spiro atoms. The minimum absolute atomic E-state index is 0.367. The van der Waals surface area contributed by atoms with Crippen molar-refractivity contribution in [2.45, 2.75) is 20.5 Å². The molecule has 1 aromatic heterocycles. The van der Waals surface area contributed by atoms with Crippen LogP contribution in [0.25, 0.3) is 5.70 Å². The number of allylic oxidation sites excluding steroid dienone is 1. The molecule has 2 aromatic carbocycles. The zero-order chi connectivity index (χ0) is 18.7. The molecule has 3 aromatic rings. The predicted octanol–water partition coefficient (Wildman–Crippen LogP) is 6.72. The fraction of sp³-hybridized carbons (Fsp3) is 0.150. The molecule has 0 bridgehead atoms. The third-order valence-corrected chi connectivity index (χ3v) is 4.79. The fourth-order valence-corrected chi connectivity index (χ4v) is 3.15. The molecule has 6 heteroatoms. The molecule has 0 aliphatic rings. The number of imidazole rings is 1. The molecular formula is C20H17Cl3N2O. The van der Waals surface area contributed by atoms with E-state index in [2.05, 4.69) is 4.98 Å². The lowest BCUT2D eigenvalue weighted by atomic mass is 10.1. The molecule has 0 unspecified atom stereocenters. The van der Waals surface area contributed by atoms with Gasteiger partial charge < -0.3 is 9.30 Å². The van der Waals surface area contributed by atoms with Crippen LogP contribution in [0.4, 0.5) is 0 Å². The molecule has 0 fully saturated rings. The molecule has 3 rings (SSSR count). The van der Waals surface area contributed by atoms with Crippen LogP contribution >= 0.6 is 34.8 Å². The molecule has 0 atom stereocenters. The normalized spacial score (nSPS) is 10.7. The maximum Gasteiger partial charge on any atom is 0.129 e. The Hall–Kier alpha value is -1.94. The van der Waals surface area contributed by atoms with Gasteiger partial charge in [0, 0.05) is 23.0 Å². The van der Waals surface area contributed by atoms with Crippen molar-refractivity contribution in [3.8, 4) is 5.75 Å². The minimum atomic E-state index is 0.367. The number of aromatic nitrogens is 2. The van der Waals surface area contributed by atoms with E-state index >= 15 is 0 Å². The third kappa shape index (κ3) is 4.24. The number of nitrogens with zero attached hydrogens (tertiary/aromatic N) is 2. The molecule has 0 aliphatic heterocycles. The Morgan fingerprint density at radius 3 is 2.50 bits per heavy atom. The summed E-state index contributed by atoms with van der Waals surface area (Å²) in [4.78, 5) is 4.14. The van der Waals surface area contributed by atoms with Crippen molar-refractivity contribution >= 4 is 40.5 Å². The van der Waals surface area contributed by atoms with Crippen molar-refractivity contribution in [2.24, 2.45) is 0 Å². The summed E-state index contributed by atoms with van der Waals surface area (Å²) in [6, 6.07) is 11.0. The van der Waals surface area contributed by atoms with Crippen LogP contribution in [0.2, 0.25) is 15.1 Å². The average molecular weight is 408 g/mol. The van der Waals surface area contributed by atoms with Crippen molar-refractivity contribution in [3.63, 3.8) is 0 Å². The summed E-state index contributed by atoms with van der Waals surface area (Å²) < 4.78 is 8.03. The molecule has 3 nitrogen and oxygen atoms in total. The van der Waals surface area contributed by atoms with Gasteiger partial charge in [0.1, 0.15) is 12.4 Å². The van der Waals surface area contributed by atoms with Crippen molar-refractivity contribution in [3.05, 3.63) is 86.9 Å². The van der Waals surface area contributed by atoms with Crippen LogP contribution in [0.15, 0.2) is 60.7 Å². The van der Waals surface area contributed by atoms with Gasteiger partial charge in [0.05, 0.1) is 22.1 Å². The summed E-state index contributed by atoms with van der Waals surface area (Å²) in [5, 5.41) is 1.67. The maximum atomic E-state index is 6.25. The fourth-order valence-electron chi connectivity index (χ4n) is 2.66. The zero-order valence-electron chi connectivity index (χ0n) is 14.3. The second-order valence-corrected chi connectivity index (χ2v) is 7.25. The first-order valence-electron chi connectivity index (χ1n) is 7.98. The number of halogens is 3. The molecule has 134 valence electrons. The molecule has 1 heterocycles. The molecular weight excluding hydrogens is 391 g/mol. The number of hydrogen-bond acceptors (Lipinski definition) is 2. The van der Waals surface area contributed by atoms with Gasteiger partial charge in [-0.2, -0.15) is 0 Å². The maximum absolute atomic E-state index is 6.25. The standard InChI is InChI=1S/C20H17Cl3N2O/c1-13(2)20(25-8-7-24-12-25)16-10-15(21)4-6-19(16)26-11-14-3-5-17(22)18(23)9-14/h3-10,12H,11H2,1-2H3. The van der Waals surface area contributed by atoms with E-state index in [1.54, 1.807) is 24.7 Å². The van der Waals surface area contributed by atoms with E-state index in [1.807, 2.05) is 48.9 Å². The average Bonchev–Trinajstić information content (AvgIpc) is 3.11. The Kier molecular flexibility index (Phi) is 5.92. The van der Waals surface area contributed by atoms with E-state index in [4.69, 9.17) is 39.5 Å². The van der Waals surface area contributed by atoms with E-state index in [1.165, 1.54) is 0 Å². The van der Waals surface area contributed by atoms with Gasteiger partial charge in [0.2, 0.25) is 0 Å². The highest BCUT2D eigenvalue weighted by Crippen LogP contribution is 2.33. The van der Waals surface area contributed by atoms with Gasteiger partial charge in [0.25, 0.3) is 0 Å². The monoisotopic (exact) mass is 406 g/mol. The Morgan fingerprint density at radius 2 is 1.85 bits per heavy atom. The van der Waals surface area contributed by atoms with Crippen LogP contribution < -0.4 is 4.74 Å². The van der Waals surface area contributed by atoms with Gasteiger partial charge in [-0.05, 0) is 49.7 Å². The first-order valence-corrected chi connectivity index (χ1v) is 9.11. The minimum Gasteiger partial charge on any atom is -0.488 e. The van der Waals surface area contributed by atoms with Crippen LogP contribution in [-0.4, -0.2) is 9.55 Å². The lowest BCUT2D eigenvalue weighted by Crippen LogP contribution is -2.03. The van der Waals surface area contributed by atoms with E-state index in [0.29, 0.717) is 21.7 Å². The highest BCUT2D eigenvalue weighted by atomic mass is 35.5. The summed E-state index contributed by atoms with van der Waals surface area (Å²) in [5.74, 6) is 0.727. The molecule has 0 aliphatic carbocycles. The summed E-state index contributed by atoms with van der Waals surface area (Å²) in [6.07, 6.45) is 5.39. The lowest BCUT2D eigenvalue weighted by molar-refractivity contribution is 0.305. The van der Waals surface area contributed by atoms with Crippen LogP contribution in [-0.2, 0) is 6.61 Å². The van der Waals surface area contributed by atoms with Crippen LogP contribution in [0.1, 0.15) is 25.0 Å². The highest BCUT2D eigenvalue weighted by molar-refractivity contribution is 6.42. The quantitative estimate of drug-likeness (QED) is 0.469. The summed E-state index contributed by atoms with van der Waals surface area (Å²) >= 11 is 18.3. The second-order valence-electron chi connectivity index (χ2n) is 6.00. The predicted molar refractivity (Wildman–Crippen MR) is 108 cm³/mol. The Bertz CT molecular complexity index is 946. The van der Waals surface area contributed by atoms with E-state index in [-0.39, 0.29) is 0 Å². The number of ether oxygens (including phenoxy) is 1. The van der Waals surface area contributed by atoms with E-state index in [0.717, 1.165) is 28.1 Å². The number of benzene rings is 2. The van der Waals surface area contributed by atoms with Crippen LogP contribution in [0.5, 0.6) is 5.75 Å². The third-order valence-electron chi connectivity index (χ3n) is 3.81. The topological polar surface area (TPSA) is 27.1 Å². The SMILES string of the molecule is CC(C)=C(c1cc(Cl)ccc1OCc1ccc(Cl)c(Cl)c1)n1ccnc1. The summed E-state index contributed by atoms with van der Waals surface area (Å²) in [5.41, 5.74) is 3.93. The van der Waals surface area contributed by atoms with Gasteiger partial charge >= 0.3 is 0 Å². The van der Waals surface area contributed by atoms with Crippen molar-refractivity contribution < 1.29 is 4.74 Å². The van der Waals surface area contributed by atoms with Crippen LogP contribution in [0.3, 0.4) is 0 Å². The Labute approximate surface area is 167 Å². The van der Waals surface area contributed by atoms with Crippen molar-refractivity contribution in [1.82, 2.24) is 9.55 Å². The lowest BCUT2D eigenvalue weighted by Gasteiger charge is -2.17.